The van der Waals surface area contributed by atoms with Gasteiger partial charge in [0.15, 0.2) is 0 Å². The van der Waals surface area contributed by atoms with Crippen LogP contribution in [0.5, 0.6) is 5.75 Å². The molecule has 0 saturated heterocycles. The van der Waals surface area contributed by atoms with E-state index in [2.05, 4.69) is 5.32 Å². The second kappa shape index (κ2) is 8.41. The Kier molecular flexibility index (Phi) is 5.42. The summed E-state index contributed by atoms with van der Waals surface area (Å²) in [6.45, 7) is 2.91. The Balaban J connectivity index is 1.53. The largest absolute Gasteiger partial charge is 0.496 e. The van der Waals surface area contributed by atoms with E-state index in [0.29, 0.717) is 24.5 Å². The van der Waals surface area contributed by atoms with Crippen LogP contribution in [0.25, 0.3) is 10.2 Å². The van der Waals surface area contributed by atoms with Crippen molar-refractivity contribution in [3.05, 3.63) is 88.9 Å². The maximum absolute atomic E-state index is 13.8. The van der Waals surface area contributed by atoms with E-state index in [-0.39, 0.29) is 18.4 Å². The lowest BCUT2D eigenvalue weighted by atomic mass is 9.93. The molecule has 4 aromatic rings. The average molecular weight is 460 g/mol. The molecule has 3 heterocycles. The van der Waals surface area contributed by atoms with E-state index in [1.165, 1.54) is 0 Å². The fraction of sp³-hybridized carbons (Fsp3) is 0.231. The van der Waals surface area contributed by atoms with Crippen LogP contribution in [0.3, 0.4) is 0 Å². The van der Waals surface area contributed by atoms with Crippen LogP contribution in [0.2, 0.25) is 0 Å². The van der Waals surface area contributed by atoms with Crippen molar-refractivity contribution in [2.24, 2.45) is 0 Å². The first-order valence-electron chi connectivity index (χ1n) is 10.8. The molecule has 5 rings (SSSR count). The average Bonchev–Trinajstić information content (AvgIpc) is 3.43. The Hall–Kier alpha value is -3.58. The monoisotopic (exact) mass is 459 g/mol. The molecule has 1 atom stereocenters. The lowest BCUT2D eigenvalue weighted by molar-refractivity contribution is -0.133. The van der Waals surface area contributed by atoms with Gasteiger partial charge in [-0.25, -0.2) is 0 Å². The van der Waals surface area contributed by atoms with Crippen molar-refractivity contribution in [2.45, 2.75) is 32.1 Å². The van der Waals surface area contributed by atoms with Gasteiger partial charge in [0.1, 0.15) is 21.8 Å². The highest BCUT2D eigenvalue weighted by Crippen LogP contribution is 2.36. The molecule has 1 N–H and O–H groups in total. The highest BCUT2D eigenvalue weighted by Gasteiger charge is 2.48. The summed E-state index contributed by atoms with van der Waals surface area (Å²) in [7, 11) is 1.61. The van der Waals surface area contributed by atoms with Crippen molar-refractivity contribution in [1.82, 2.24) is 14.8 Å². The minimum absolute atomic E-state index is 0.159. The van der Waals surface area contributed by atoms with Gasteiger partial charge in [-0.3, -0.25) is 9.59 Å². The summed E-state index contributed by atoms with van der Waals surface area (Å²) in [6.07, 6.45) is 0. The molecule has 2 aromatic carbocycles. The van der Waals surface area contributed by atoms with Gasteiger partial charge in [-0.2, -0.15) is 0 Å². The molecule has 0 bridgehead atoms. The maximum Gasteiger partial charge on any atom is 0.271 e. The third kappa shape index (κ3) is 3.68. The fourth-order valence-electron chi connectivity index (χ4n) is 4.48. The minimum Gasteiger partial charge on any atom is -0.496 e. The van der Waals surface area contributed by atoms with Gasteiger partial charge >= 0.3 is 0 Å². The zero-order chi connectivity index (χ0) is 23.0. The molecule has 2 aromatic heterocycles. The van der Waals surface area contributed by atoms with Crippen LogP contribution in [0.4, 0.5) is 0 Å². The molecule has 33 heavy (non-hydrogen) atoms. The standard InChI is InChI=1S/C26H25N3O3S/c1-26(25(31)27-15-18-8-4-3-5-9-18)17-28-21(14-19-12-13-33-24(19)28)23(30)29(26)16-20-10-6-7-11-22(20)32-2/h3-14H,15-17H2,1-2H3,(H,27,31)/t26-/m1/s1. The lowest BCUT2D eigenvalue weighted by Gasteiger charge is -2.44. The topological polar surface area (TPSA) is 63.6 Å². The molecule has 6 nitrogen and oxygen atoms in total. The molecular weight excluding hydrogens is 434 g/mol. The number of nitrogens with zero attached hydrogens (tertiary/aromatic N) is 2. The number of benzene rings is 2. The van der Waals surface area contributed by atoms with E-state index in [1.807, 2.05) is 83.6 Å². The second-order valence-corrected chi connectivity index (χ2v) is 9.34. The van der Waals surface area contributed by atoms with E-state index in [0.717, 1.165) is 21.3 Å². The van der Waals surface area contributed by atoms with Crippen LogP contribution < -0.4 is 10.1 Å². The van der Waals surface area contributed by atoms with Crippen LogP contribution >= 0.6 is 11.3 Å². The summed E-state index contributed by atoms with van der Waals surface area (Å²) >= 11 is 1.59. The molecule has 1 aliphatic heterocycles. The molecular formula is C26H25N3O3S. The molecule has 0 unspecified atom stereocenters. The second-order valence-electron chi connectivity index (χ2n) is 8.44. The van der Waals surface area contributed by atoms with Crippen LogP contribution in [-0.4, -0.2) is 33.9 Å². The first-order chi connectivity index (χ1) is 16.0. The number of hydrogen-bond donors (Lipinski definition) is 1. The number of thiophene rings is 1. The highest BCUT2D eigenvalue weighted by molar-refractivity contribution is 7.16. The van der Waals surface area contributed by atoms with Crippen LogP contribution in [0.1, 0.15) is 28.5 Å². The first-order valence-corrected chi connectivity index (χ1v) is 11.7. The number of nitrogens with one attached hydrogen (secondary N) is 1. The van der Waals surface area contributed by atoms with Gasteiger partial charge in [0.25, 0.3) is 5.91 Å². The van der Waals surface area contributed by atoms with E-state index in [1.54, 1.807) is 23.3 Å². The Labute approximate surface area is 196 Å². The molecule has 0 radical (unpaired) electrons. The van der Waals surface area contributed by atoms with Gasteiger partial charge in [0.05, 0.1) is 20.2 Å². The van der Waals surface area contributed by atoms with Gasteiger partial charge in [0, 0.05) is 17.5 Å². The predicted octanol–water partition coefficient (Wildman–Crippen LogP) is 4.44. The SMILES string of the molecule is COc1ccccc1CN1C(=O)c2cc3ccsc3n2C[C@]1(C)C(=O)NCc1ccccc1. The number of ether oxygens (including phenoxy) is 1. The fourth-order valence-corrected chi connectivity index (χ4v) is 5.37. The summed E-state index contributed by atoms with van der Waals surface area (Å²) in [5.74, 6) is 0.353. The molecule has 0 aliphatic carbocycles. The van der Waals surface area contributed by atoms with Gasteiger partial charge in [-0.15, -0.1) is 11.3 Å². The maximum atomic E-state index is 13.8. The summed E-state index contributed by atoms with van der Waals surface area (Å²) in [5.41, 5.74) is 1.41. The van der Waals surface area contributed by atoms with Gasteiger partial charge in [0.2, 0.25) is 5.91 Å². The lowest BCUT2D eigenvalue weighted by Crippen LogP contribution is -2.63. The Morgan fingerprint density at radius 2 is 1.88 bits per heavy atom. The van der Waals surface area contributed by atoms with Crippen molar-refractivity contribution < 1.29 is 14.3 Å². The third-order valence-corrected chi connectivity index (χ3v) is 7.29. The summed E-state index contributed by atoms with van der Waals surface area (Å²) in [4.78, 5) is 30.1. The number of amides is 2. The summed E-state index contributed by atoms with van der Waals surface area (Å²) < 4.78 is 7.51. The number of hydrogen-bond acceptors (Lipinski definition) is 4. The summed E-state index contributed by atoms with van der Waals surface area (Å²) in [6, 6.07) is 21.3. The van der Waals surface area contributed by atoms with Crippen molar-refractivity contribution in [2.75, 3.05) is 7.11 Å². The molecule has 1 aliphatic rings. The zero-order valence-corrected chi connectivity index (χ0v) is 19.4. The minimum atomic E-state index is -1.07. The van der Waals surface area contributed by atoms with Crippen molar-refractivity contribution in [1.29, 1.82) is 0 Å². The first kappa shape index (κ1) is 21.3. The molecule has 168 valence electrons. The molecule has 7 heteroatoms. The van der Waals surface area contributed by atoms with Crippen LogP contribution in [-0.2, 0) is 24.4 Å². The molecule has 2 amide bonds. The number of rotatable bonds is 6. The van der Waals surface area contributed by atoms with Crippen LogP contribution in [0.15, 0.2) is 72.1 Å². The van der Waals surface area contributed by atoms with Gasteiger partial charge in [-0.05, 0) is 36.1 Å². The zero-order valence-electron chi connectivity index (χ0n) is 18.6. The Morgan fingerprint density at radius 3 is 2.67 bits per heavy atom. The van der Waals surface area contributed by atoms with E-state index in [4.69, 9.17) is 4.74 Å². The van der Waals surface area contributed by atoms with Gasteiger partial charge in [-0.1, -0.05) is 48.5 Å². The third-order valence-electron chi connectivity index (χ3n) is 6.33. The molecule has 0 saturated carbocycles. The number of aromatic nitrogens is 1. The van der Waals surface area contributed by atoms with E-state index < -0.39 is 5.54 Å². The quantitative estimate of drug-likeness (QED) is 0.464. The highest BCUT2D eigenvalue weighted by atomic mass is 32.1. The number of fused-ring (bicyclic) bond motifs is 3. The van der Waals surface area contributed by atoms with Crippen LogP contribution in [0, 0.1) is 0 Å². The number of para-hydroxylation sites is 1. The van der Waals surface area contributed by atoms with Crippen molar-refractivity contribution in [3.8, 4) is 5.75 Å². The normalized spacial score (nSPS) is 17.8. The molecule has 0 spiro atoms. The van der Waals surface area contributed by atoms with Crippen molar-refractivity contribution >= 4 is 33.4 Å². The molecule has 0 fully saturated rings. The number of carbonyl (C=O) groups is 2. The van der Waals surface area contributed by atoms with E-state index in [9.17, 15) is 9.59 Å². The number of methoxy groups -OCH3 is 1. The Morgan fingerprint density at radius 1 is 1.12 bits per heavy atom. The predicted molar refractivity (Wildman–Crippen MR) is 129 cm³/mol. The Bertz CT molecular complexity index is 1330. The van der Waals surface area contributed by atoms with Crippen molar-refractivity contribution in [3.63, 3.8) is 0 Å². The van der Waals surface area contributed by atoms with E-state index >= 15 is 0 Å². The van der Waals surface area contributed by atoms with Gasteiger partial charge < -0.3 is 19.5 Å². The summed E-state index contributed by atoms with van der Waals surface area (Å²) in [5, 5.41) is 6.10. The number of carbonyl (C=O) groups excluding carboxylic acids is 2. The smallest absolute Gasteiger partial charge is 0.271 e.